The molecule has 0 aliphatic carbocycles. The van der Waals surface area contributed by atoms with Crippen LogP contribution in [-0.2, 0) is 21.2 Å². The van der Waals surface area contributed by atoms with Crippen LogP contribution in [0.4, 0.5) is 0 Å². The number of carboxylic acids is 1. The average molecular weight is 530 g/mol. The van der Waals surface area contributed by atoms with Crippen molar-refractivity contribution in [3.8, 4) is 0 Å². The summed E-state index contributed by atoms with van der Waals surface area (Å²) in [6.45, 7) is 1.67. The molecule has 1 aliphatic rings. The first-order valence-corrected chi connectivity index (χ1v) is 14.4. The van der Waals surface area contributed by atoms with Gasteiger partial charge in [0.1, 0.15) is 0 Å². The number of sulfonamides is 1. The van der Waals surface area contributed by atoms with Crippen LogP contribution in [0.1, 0.15) is 29.2 Å². The molecule has 3 aromatic rings. The first-order valence-electron chi connectivity index (χ1n) is 11.5. The molecule has 1 aliphatic heterocycles. The fraction of sp³-hybridized carbons (Fsp3) is 0.296. The van der Waals surface area contributed by atoms with E-state index in [1.54, 1.807) is 55.1 Å². The zero-order valence-corrected chi connectivity index (χ0v) is 21.8. The highest BCUT2D eigenvalue weighted by atomic mass is 35.5. The van der Waals surface area contributed by atoms with E-state index < -0.39 is 28.0 Å². The number of rotatable bonds is 8. The summed E-state index contributed by atoms with van der Waals surface area (Å²) < 4.78 is 29.0. The number of carboxylic acid groups (broad SMARTS) is 1. The van der Waals surface area contributed by atoms with Gasteiger partial charge in [-0.1, -0.05) is 72.3 Å². The molecule has 35 heavy (non-hydrogen) atoms. The maximum absolute atomic E-state index is 13.8. The summed E-state index contributed by atoms with van der Waals surface area (Å²) in [6, 6.07) is 23.6. The van der Waals surface area contributed by atoms with Crippen molar-refractivity contribution in [2.75, 3.05) is 12.3 Å². The molecule has 1 N–H and O–H groups in total. The van der Waals surface area contributed by atoms with E-state index in [2.05, 4.69) is 12.1 Å². The van der Waals surface area contributed by atoms with Crippen molar-refractivity contribution in [1.29, 1.82) is 0 Å². The molecule has 3 atom stereocenters. The lowest BCUT2D eigenvalue weighted by Crippen LogP contribution is -2.49. The van der Waals surface area contributed by atoms with Crippen molar-refractivity contribution in [2.24, 2.45) is 5.92 Å². The number of thioether (sulfide) groups is 1. The minimum absolute atomic E-state index is 0.0811. The van der Waals surface area contributed by atoms with Gasteiger partial charge in [-0.2, -0.15) is 16.1 Å². The summed E-state index contributed by atoms with van der Waals surface area (Å²) in [5, 5.41) is 10.4. The number of aryl methyl sites for hydroxylation is 2. The van der Waals surface area contributed by atoms with Crippen LogP contribution < -0.4 is 0 Å². The maximum atomic E-state index is 13.8. The van der Waals surface area contributed by atoms with Gasteiger partial charge in [0.15, 0.2) is 0 Å². The first kappa shape index (κ1) is 25.8. The van der Waals surface area contributed by atoms with E-state index in [4.69, 9.17) is 11.6 Å². The lowest BCUT2D eigenvalue weighted by atomic mass is 9.90. The Bertz CT molecular complexity index is 1270. The van der Waals surface area contributed by atoms with Crippen LogP contribution >= 0.6 is 23.4 Å². The van der Waals surface area contributed by atoms with E-state index in [9.17, 15) is 18.3 Å². The van der Waals surface area contributed by atoms with Crippen molar-refractivity contribution in [3.05, 3.63) is 101 Å². The van der Waals surface area contributed by atoms with E-state index >= 15 is 0 Å². The molecule has 0 bridgehead atoms. The second-order valence-corrected chi connectivity index (χ2v) is 12.4. The van der Waals surface area contributed by atoms with Gasteiger partial charge in [0.05, 0.1) is 16.9 Å². The molecule has 1 saturated heterocycles. The Morgan fingerprint density at radius 3 is 2.34 bits per heavy atom. The summed E-state index contributed by atoms with van der Waals surface area (Å²) in [5.74, 6) is -1.02. The van der Waals surface area contributed by atoms with Gasteiger partial charge in [0.2, 0.25) is 10.0 Å². The van der Waals surface area contributed by atoms with Crippen molar-refractivity contribution in [1.82, 2.24) is 4.31 Å². The molecule has 3 aromatic carbocycles. The predicted molar refractivity (Wildman–Crippen MR) is 141 cm³/mol. The van der Waals surface area contributed by atoms with Crippen LogP contribution in [0.25, 0.3) is 0 Å². The monoisotopic (exact) mass is 529 g/mol. The zero-order valence-electron chi connectivity index (χ0n) is 19.4. The van der Waals surface area contributed by atoms with Gasteiger partial charge in [-0.25, -0.2) is 8.42 Å². The van der Waals surface area contributed by atoms with Crippen LogP contribution in [0.15, 0.2) is 83.8 Å². The van der Waals surface area contributed by atoms with Crippen LogP contribution in [0.2, 0.25) is 5.02 Å². The van der Waals surface area contributed by atoms with Crippen molar-refractivity contribution in [3.63, 3.8) is 0 Å². The Labute approximate surface area is 216 Å². The number of nitrogens with zero attached hydrogens (tertiary/aromatic N) is 1. The molecule has 4 rings (SSSR count). The molecule has 0 amide bonds. The number of carbonyl (C=O) groups is 1. The number of aliphatic carboxylic acids is 1. The van der Waals surface area contributed by atoms with Gasteiger partial charge < -0.3 is 5.11 Å². The Hall–Kier alpha value is -2.32. The number of hydrogen-bond donors (Lipinski definition) is 1. The van der Waals surface area contributed by atoms with Gasteiger partial charge in [0, 0.05) is 16.8 Å². The van der Waals surface area contributed by atoms with E-state index in [0.29, 0.717) is 17.0 Å². The highest BCUT2D eigenvalue weighted by Crippen LogP contribution is 2.42. The molecule has 0 saturated carbocycles. The number of hydrogen-bond acceptors (Lipinski definition) is 4. The summed E-state index contributed by atoms with van der Waals surface area (Å²) in [5.41, 5.74) is 2.64. The first-order chi connectivity index (χ1) is 16.8. The molecule has 1 fully saturated rings. The molecule has 0 unspecified atom stereocenters. The molecule has 0 radical (unpaired) electrons. The van der Waals surface area contributed by atoms with Crippen LogP contribution in [0.5, 0.6) is 0 Å². The Morgan fingerprint density at radius 2 is 1.69 bits per heavy atom. The second kappa shape index (κ2) is 11.2. The quantitative estimate of drug-likeness (QED) is 0.397. The van der Waals surface area contributed by atoms with E-state index in [-0.39, 0.29) is 16.7 Å². The minimum atomic E-state index is -3.93. The predicted octanol–water partition coefficient (Wildman–Crippen LogP) is 5.83. The van der Waals surface area contributed by atoms with Gasteiger partial charge in [-0.15, -0.1) is 0 Å². The molecular weight excluding hydrogens is 502 g/mol. The smallest absolute Gasteiger partial charge is 0.308 e. The number of piperidine rings is 1. The van der Waals surface area contributed by atoms with Crippen molar-refractivity contribution >= 4 is 39.4 Å². The molecule has 0 aromatic heterocycles. The molecule has 5 nitrogen and oxygen atoms in total. The fourth-order valence-electron chi connectivity index (χ4n) is 4.56. The standard InChI is InChI=1S/C27H28ClNO4S2/c1-19-7-5-6-10-26(19)35(32,33)29-18-23(27(30)31)25(34-16-15-20-8-3-2-4-9-20)17-24(29)21-11-13-22(28)14-12-21/h2-14,23-25H,15-18H2,1H3,(H,30,31)/t23-,24+,25-/m1/s1. The minimum Gasteiger partial charge on any atom is -0.481 e. The molecule has 1 heterocycles. The number of benzene rings is 3. The van der Waals surface area contributed by atoms with Crippen LogP contribution in [0, 0.1) is 12.8 Å². The van der Waals surface area contributed by atoms with Crippen molar-refractivity contribution < 1.29 is 18.3 Å². The van der Waals surface area contributed by atoms with Gasteiger partial charge in [0.25, 0.3) is 0 Å². The summed E-state index contributed by atoms with van der Waals surface area (Å²) in [4.78, 5) is 12.5. The number of halogens is 1. The Balaban J connectivity index is 1.66. The van der Waals surface area contributed by atoms with Crippen LogP contribution in [0.3, 0.4) is 0 Å². The van der Waals surface area contributed by atoms with Gasteiger partial charge in [-0.05, 0) is 60.4 Å². The maximum Gasteiger partial charge on any atom is 0.308 e. The third-order valence-electron chi connectivity index (χ3n) is 6.45. The SMILES string of the molecule is Cc1ccccc1S(=O)(=O)N1C[C@@H](C(=O)O)[C@H](SCCc2ccccc2)C[C@H]1c1ccc(Cl)cc1. The highest BCUT2D eigenvalue weighted by molar-refractivity contribution is 7.99. The Morgan fingerprint density at radius 1 is 1.03 bits per heavy atom. The van der Waals surface area contributed by atoms with E-state index in [1.165, 1.54) is 9.87 Å². The summed E-state index contributed by atoms with van der Waals surface area (Å²) >= 11 is 7.71. The third-order valence-corrected chi connectivity index (χ3v) is 10.1. The average Bonchev–Trinajstić information content (AvgIpc) is 2.85. The van der Waals surface area contributed by atoms with Gasteiger partial charge in [-0.3, -0.25) is 4.79 Å². The zero-order chi connectivity index (χ0) is 25.0. The van der Waals surface area contributed by atoms with Crippen LogP contribution in [-0.4, -0.2) is 41.3 Å². The molecule has 184 valence electrons. The molecular formula is C27H28ClNO4S2. The summed E-state index contributed by atoms with van der Waals surface area (Å²) in [7, 11) is -3.93. The topological polar surface area (TPSA) is 74.7 Å². The normalized spacial score (nSPS) is 21.0. The summed E-state index contributed by atoms with van der Waals surface area (Å²) in [6.07, 6.45) is 1.23. The lowest BCUT2D eigenvalue weighted by Gasteiger charge is -2.42. The van der Waals surface area contributed by atoms with Crippen molar-refractivity contribution in [2.45, 2.75) is 36.0 Å². The van der Waals surface area contributed by atoms with E-state index in [0.717, 1.165) is 17.7 Å². The second-order valence-electron chi connectivity index (χ2n) is 8.73. The largest absolute Gasteiger partial charge is 0.481 e. The molecule has 0 spiro atoms. The fourth-order valence-corrected chi connectivity index (χ4v) is 7.97. The van der Waals surface area contributed by atoms with E-state index in [1.807, 2.05) is 30.3 Å². The Kier molecular flexibility index (Phi) is 8.22. The third kappa shape index (κ3) is 5.92. The van der Waals surface area contributed by atoms with Gasteiger partial charge >= 0.3 is 5.97 Å². The lowest BCUT2D eigenvalue weighted by molar-refractivity contribution is -0.143. The molecule has 8 heteroatoms. The highest BCUT2D eigenvalue weighted by Gasteiger charge is 2.45.